The van der Waals surface area contributed by atoms with Crippen molar-refractivity contribution in [2.45, 2.75) is 29.2 Å². The third-order valence-corrected chi connectivity index (χ3v) is 6.26. The number of benzene rings is 3. The fourth-order valence-corrected chi connectivity index (χ4v) is 4.82. The van der Waals surface area contributed by atoms with Crippen LogP contribution in [0, 0.1) is 0 Å². The quantitative estimate of drug-likeness (QED) is 0.471. The number of aliphatic hydroxyl groups is 1. The van der Waals surface area contributed by atoms with Crippen molar-refractivity contribution in [3.63, 3.8) is 0 Å². The number of nitrogens with zero attached hydrogens (tertiary/aromatic N) is 1. The van der Waals surface area contributed by atoms with E-state index in [0.717, 1.165) is 17.9 Å². The molecule has 0 saturated heterocycles. The predicted octanol–water partition coefficient (Wildman–Crippen LogP) is 5.83. The minimum atomic E-state index is -0.0760. The number of hydrogen-bond acceptors (Lipinski definition) is 5. The Bertz CT molecular complexity index is 909. The molecule has 1 N–H and O–H groups in total. The van der Waals surface area contributed by atoms with Crippen molar-refractivity contribution >= 4 is 23.1 Å². The van der Waals surface area contributed by atoms with E-state index in [4.69, 9.17) is 9.47 Å². The minimum absolute atomic E-state index is 0.0760. The summed E-state index contributed by atoms with van der Waals surface area (Å²) in [7, 11) is 0. The zero-order chi connectivity index (χ0) is 20.8. The lowest BCUT2D eigenvalue weighted by atomic mass is 10.1. The van der Waals surface area contributed by atoms with Crippen LogP contribution in [0.3, 0.4) is 0 Å². The van der Waals surface area contributed by atoms with Crippen LogP contribution in [0.25, 0.3) is 0 Å². The van der Waals surface area contributed by atoms with E-state index in [1.165, 1.54) is 21.2 Å². The molecule has 156 valence electrons. The second-order valence-corrected chi connectivity index (χ2v) is 8.15. The average Bonchev–Trinajstić information content (AvgIpc) is 2.79. The summed E-state index contributed by atoms with van der Waals surface area (Å²) in [4.78, 5) is 4.87. The normalized spacial score (nSPS) is 13.5. The second kappa shape index (κ2) is 10.0. The molecule has 3 aromatic carbocycles. The highest BCUT2D eigenvalue weighted by molar-refractivity contribution is 7.99. The SMILES string of the molecule is CCOC(CCO)c1ccc(OCCN2c3ccccc3Sc3ccccc32)cc1. The number of fused-ring (bicyclic) bond motifs is 2. The molecule has 0 bridgehead atoms. The monoisotopic (exact) mass is 421 g/mol. The van der Waals surface area contributed by atoms with Crippen LogP contribution in [0.15, 0.2) is 82.6 Å². The van der Waals surface area contributed by atoms with Crippen molar-refractivity contribution in [1.82, 2.24) is 0 Å². The van der Waals surface area contributed by atoms with E-state index in [2.05, 4.69) is 53.4 Å². The summed E-state index contributed by atoms with van der Waals surface area (Å²) >= 11 is 1.82. The Labute approximate surface area is 182 Å². The highest BCUT2D eigenvalue weighted by atomic mass is 32.2. The van der Waals surface area contributed by atoms with Crippen molar-refractivity contribution in [1.29, 1.82) is 0 Å². The van der Waals surface area contributed by atoms with Gasteiger partial charge in [0.25, 0.3) is 0 Å². The molecule has 1 aliphatic heterocycles. The van der Waals surface area contributed by atoms with Gasteiger partial charge in [0.15, 0.2) is 0 Å². The first-order chi connectivity index (χ1) is 14.8. The first kappa shape index (κ1) is 20.8. The zero-order valence-corrected chi connectivity index (χ0v) is 18.0. The average molecular weight is 422 g/mol. The van der Waals surface area contributed by atoms with Gasteiger partial charge in [0, 0.05) is 29.4 Å². The Kier molecular flexibility index (Phi) is 6.95. The Balaban J connectivity index is 1.42. The summed E-state index contributed by atoms with van der Waals surface area (Å²) in [6.45, 7) is 4.05. The van der Waals surface area contributed by atoms with E-state index in [9.17, 15) is 5.11 Å². The molecule has 0 fully saturated rings. The molecule has 0 aliphatic carbocycles. The van der Waals surface area contributed by atoms with Crippen molar-refractivity contribution in [2.24, 2.45) is 0 Å². The van der Waals surface area contributed by atoms with Crippen LogP contribution in [0.1, 0.15) is 25.0 Å². The van der Waals surface area contributed by atoms with E-state index >= 15 is 0 Å². The summed E-state index contributed by atoms with van der Waals surface area (Å²) in [6, 6.07) is 25.0. The molecule has 3 aromatic rings. The number of ether oxygens (including phenoxy) is 2. The minimum Gasteiger partial charge on any atom is -0.492 e. The molecule has 1 unspecified atom stereocenters. The number of aliphatic hydroxyl groups excluding tert-OH is 1. The molecular weight excluding hydrogens is 394 g/mol. The Morgan fingerprint density at radius 3 is 2.13 bits per heavy atom. The Morgan fingerprint density at radius 2 is 1.53 bits per heavy atom. The van der Waals surface area contributed by atoms with E-state index in [0.29, 0.717) is 19.6 Å². The molecule has 0 amide bonds. The smallest absolute Gasteiger partial charge is 0.119 e. The number of anilines is 2. The molecule has 0 radical (unpaired) electrons. The molecule has 1 heterocycles. The first-order valence-corrected chi connectivity index (χ1v) is 11.2. The molecule has 4 rings (SSSR count). The third kappa shape index (κ3) is 4.64. The first-order valence-electron chi connectivity index (χ1n) is 10.4. The van der Waals surface area contributed by atoms with Gasteiger partial charge in [-0.05, 0) is 48.9 Å². The highest BCUT2D eigenvalue weighted by Crippen LogP contribution is 2.47. The highest BCUT2D eigenvalue weighted by Gasteiger charge is 2.22. The van der Waals surface area contributed by atoms with Gasteiger partial charge in [-0.15, -0.1) is 0 Å². The van der Waals surface area contributed by atoms with Crippen molar-refractivity contribution in [3.8, 4) is 5.75 Å². The van der Waals surface area contributed by atoms with Gasteiger partial charge in [-0.2, -0.15) is 0 Å². The summed E-state index contributed by atoms with van der Waals surface area (Å²) in [5, 5.41) is 9.25. The molecular formula is C25H27NO3S. The topological polar surface area (TPSA) is 41.9 Å². The standard InChI is InChI=1S/C25H27NO3S/c1-2-28-23(15-17-27)19-11-13-20(14-12-19)29-18-16-26-21-7-3-5-9-24(21)30-25-10-6-4-8-22(25)26/h3-14,23,27H,2,15-18H2,1H3. The van der Waals surface area contributed by atoms with E-state index in [-0.39, 0.29) is 12.7 Å². The Hall–Kier alpha value is -2.47. The maximum atomic E-state index is 9.25. The maximum absolute atomic E-state index is 9.25. The van der Waals surface area contributed by atoms with Gasteiger partial charge in [-0.3, -0.25) is 0 Å². The number of rotatable bonds is 9. The number of para-hydroxylation sites is 2. The summed E-state index contributed by atoms with van der Waals surface area (Å²) < 4.78 is 11.8. The molecule has 1 atom stereocenters. The lowest BCUT2D eigenvalue weighted by Gasteiger charge is -2.32. The van der Waals surface area contributed by atoms with Crippen molar-refractivity contribution in [2.75, 3.05) is 31.3 Å². The number of hydrogen-bond donors (Lipinski definition) is 1. The summed E-state index contributed by atoms with van der Waals surface area (Å²) in [5.74, 6) is 0.839. The lowest BCUT2D eigenvalue weighted by molar-refractivity contribution is 0.0432. The predicted molar refractivity (Wildman–Crippen MR) is 122 cm³/mol. The van der Waals surface area contributed by atoms with Gasteiger partial charge in [0.05, 0.1) is 24.0 Å². The molecule has 1 aliphatic rings. The van der Waals surface area contributed by atoms with Gasteiger partial charge in [-0.1, -0.05) is 48.2 Å². The zero-order valence-electron chi connectivity index (χ0n) is 17.2. The van der Waals surface area contributed by atoms with Crippen LogP contribution in [-0.4, -0.2) is 31.5 Å². The van der Waals surface area contributed by atoms with Crippen LogP contribution in [0.2, 0.25) is 0 Å². The van der Waals surface area contributed by atoms with E-state index in [1.54, 1.807) is 0 Å². The molecule has 0 spiro atoms. The van der Waals surface area contributed by atoms with Crippen LogP contribution in [-0.2, 0) is 4.74 Å². The summed E-state index contributed by atoms with van der Waals surface area (Å²) in [6.07, 6.45) is 0.521. The molecule has 0 aromatic heterocycles. The second-order valence-electron chi connectivity index (χ2n) is 7.06. The van der Waals surface area contributed by atoms with Crippen LogP contribution in [0.5, 0.6) is 5.75 Å². The van der Waals surface area contributed by atoms with Gasteiger partial charge in [0.1, 0.15) is 12.4 Å². The van der Waals surface area contributed by atoms with Crippen LogP contribution >= 0.6 is 11.8 Å². The van der Waals surface area contributed by atoms with Crippen molar-refractivity contribution < 1.29 is 14.6 Å². The van der Waals surface area contributed by atoms with Crippen LogP contribution in [0.4, 0.5) is 11.4 Å². The summed E-state index contributed by atoms with van der Waals surface area (Å²) in [5.41, 5.74) is 3.52. The van der Waals surface area contributed by atoms with Gasteiger partial charge >= 0.3 is 0 Å². The van der Waals surface area contributed by atoms with E-state index < -0.39 is 0 Å². The fraction of sp³-hybridized carbons (Fsp3) is 0.280. The lowest BCUT2D eigenvalue weighted by Crippen LogP contribution is -2.26. The third-order valence-electron chi connectivity index (χ3n) is 5.13. The van der Waals surface area contributed by atoms with Gasteiger partial charge in [-0.25, -0.2) is 0 Å². The largest absolute Gasteiger partial charge is 0.492 e. The fourth-order valence-electron chi connectivity index (χ4n) is 3.72. The molecule has 5 heteroatoms. The maximum Gasteiger partial charge on any atom is 0.119 e. The molecule has 30 heavy (non-hydrogen) atoms. The Morgan fingerprint density at radius 1 is 0.900 bits per heavy atom. The van der Waals surface area contributed by atoms with Gasteiger partial charge in [0.2, 0.25) is 0 Å². The van der Waals surface area contributed by atoms with Crippen molar-refractivity contribution in [3.05, 3.63) is 78.4 Å². The van der Waals surface area contributed by atoms with E-state index in [1.807, 2.05) is 43.0 Å². The van der Waals surface area contributed by atoms with Crippen LogP contribution < -0.4 is 9.64 Å². The van der Waals surface area contributed by atoms with Gasteiger partial charge < -0.3 is 19.5 Å². The molecule has 4 nitrogen and oxygen atoms in total. The molecule has 0 saturated carbocycles.